The number of halogens is 2. The Hall–Kier alpha value is -2.39. The molecule has 0 radical (unpaired) electrons. The van der Waals surface area contributed by atoms with E-state index < -0.39 is 30.0 Å². The van der Waals surface area contributed by atoms with Gasteiger partial charge in [0, 0.05) is 31.6 Å². The summed E-state index contributed by atoms with van der Waals surface area (Å²) >= 11 is 0. The van der Waals surface area contributed by atoms with Crippen LogP contribution in [0.2, 0.25) is 0 Å². The molecule has 3 N–H and O–H groups in total. The van der Waals surface area contributed by atoms with Crippen LogP contribution in [0.4, 0.5) is 8.78 Å². The van der Waals surface area contributed by atoms with Crippen LogP contribution in [-0.2, 0) is 22.7 Å². The second-order valence-electron chi connectivity index (χ2n) is 8.16. The number of carbonyl (C=O) groups is 3. The minimum Gasteiger partial charge on any atom is -0.322 e. The Labute approximate surface area is 160 Å². The van der Waals surface area contributed by atoms with Crippen LogP contribution in [0.3, 0.4) is 0 Å². The zero-order valence-electron chi connectivity index (χ0n) is 15.5. The highest BCUT2D eigenvalue weighted by molar-refractivity contribution is 6.05. The molecule has 0 aromatic heterocycles. The van der Waals surface area contributed by atoms with E-state index >= 15 is 0 Å². The van der Waals surface area contributed by atoms with Crippen LogP contribution in [0.1, 0.15) is 41.3 Å². The fourth-order valence-electron chi connectivity index (χ4n) is 4.17. The minimum atomic E-state index is -2.97. The van der Waals surface area contributed by atoms with E-state index in [-0.39, 0.29) is 31.3 Å². The van der Waals surface area contributed by atoms with Gasteiger partial charge in [0.05, 0.1) is 12.1 Å². The number of nitrogens with one attached hydrogen (secondary N) is 1. The van der Waals surface area contributed by atoms with Crippen molar-refractivity contribution in [2.45, 2.75) is 50.4 Å². The summed E-state index contributed by atoms with van der Waals surface area (Å²) in [6.07, 6.45) is 0.498. The molecule has 3 aliphatic rings. The summed E-state index contributed by atoms with van der Waals surface area (Å²) < 4.78 is 28.0. The van der Waals surface area contributed by atoms with Crippen molar-refractivity contribution in [3.63, 3.8) is 0 Å². The van der Waals surface area contributed by atoms with Crippen LogP contribution in [0.5, 0.6) is 0 Å². The molecule has 3 heterocycles. The van der Waals surface area contributed by atoms with Crippen molar-refractivity contribution in [3.8, 4) is 0 Å². The Morgan fingerprint density at radius 1 is 1.25 bits per heavy atom. The van der Waals surface area contributed by atoms with E-state index in [0.29, 0.717) is 18.5 Å². The molecule has 2 unspecified atom stereocenters. The number of hydrogen-bond acceptors (Lipinski definition) is 5. The van der Waals surface area contributed by atoms with Crippen molar-refractivity contribution >= 4 is 17.7 Å². The van der Waals surface area contributed by atoms with Gasteiger partial charge in [0.15, 0.2) is 0 Å². The van der Waals surface area contributed by atoms with Gasteiger partial charge in [0.25, 0.3) is 11.8 Å². The highest BCUT2D eigenvalue weighted by Crippen LogP contribution is 2.35. The number of piperidine rings is 1. The van der Waals surface area contributed by atoms with Gasteiger partial charge in [0.2, 0.25) is 11.8 Å². The van der Waals surface area contributed by atoms with Crippen LogP contribution in [0.25, 0.3) is 0 Å². The Bertz CT molecular complexity index is 855. The standard InChI is InChI=1S/C19H22F2N4O3/c1-18(22)9-24(10-19(18,20)21)7-11-2-3-12-8-25(17(28)13(12)6-11)14-4-5-15(26)23-16(14)27/h2-3,6,14H,4-5,7-10,22H2,1H3,(H,23,26,27). The number of hydrogen-bond donors (Lipinski definition) is 2. The Morgan fingerprint density at radius 2 is 2.00 bits per heavy atom. The molecule has 1 aromatic carbocycles. The van der Waals surface area contributed by atoms with Crippen molar-refractivity contribution in [1.29, 1.82) is 0 Å². The molecule has 0 aliphatic carbocycles. The van der Waals surface area contributed by atoms with Crippen molar-refractivity contribution in [1.82, 2.24) is 15.1 Å². The third-order valence-electron chi connectivity index (χ3n) is 5.81. The van der Waals surface area contributed by atoms with Gasteiger partial charge in [-0.3, -0.25) is 24.6 Å². The van der Waals surface area contributed by atoms with Crippen molar-refractivity contribution in [2.24, 2.45) is 5.73 Å². The van der Waals surface area contributed by atoms with Gasteiger partial charge < -0.3 is 10.6 Å². The molecule has 3 aliphatic heterocycles. The molecule has 150 valence electrons. The molecule has 9 heteroatoms. The third-order valence-corrected chi connectivity index (χ3v) is 5.81. The van der Waals surface area contributed by atoms with Gasteiger partial charge in [-0.2, -0.15) is 0 Å². The number of imide groups is 1. The monoisotopic (exact) mass is 392 g/mol. The molecule has 0 saturated carbocycles. The zero-order valence-corrected chi connectivity index (χ0v) is 15.5. The topological polar surface area (TPSA) is 95.7 Å². The lowest BCUT2D eigenvalue weighted by atomic mass is 9.99. The number of likely N-dealkylation sites (tertiary alicyclic amines) is 1. The predicted molar refractivity (Wildman–Crippen MR) is 95.3 cm³/mol. The molecule has 2 saturated heterocycles. The largest absolute Gasteiger partial charge is 0.322 e. The predicted octanol–water partition coefficient (Wildman–Crippen LogP) is 0.616. The number of nitrogens with two attached hydrogens (primary N) is 1. The molecule has 3 amide bonds. The molecule has 2 fully saturated rings. The maximum atomic E-state index is 14.0. The second-order valence-corrected chi connectivity index (χ2v) is 8.16. The smallest absolute Gasteiger partial charge is 0.279 e. The number of fused-ring (bicyclic) bond motifs is 1. The summed E-state index contributed by atoms with van der Waals surface area (Å²) in [4.78, 5) is 39.3. The number of amides is 3. The lowest BCUT2D eigenvalue weighted by Crippen LogP contribution is -2.52. The number of benzene rings is 1. The molecule has 28 heavy (non-hydrogen) atoms. The van der Waals surface area contributed by atoms with Gasteiger partial charge in [-0.05, 0) is 30.5 Å². The van der Waals surface area contributed by atoms with Gasteiger partial charge in [-0.25, -0.2) is 8.78 Å². The van der Waals surface area contributed by atoms with E-state index in [9.17, 15) is 23.2 Å². The van der Waals surface area contributed by atoms with Crippen LogP contribution in [0, 0.1) is 0 Å². The first-order valence-electron chi connectivity index (χ1n) is 9.23. The first-order chi connectivity index (χ1) is 13.1. The first kappa shape index (κ1) is 18.9. The average molecular weight is 392 g/mol. The summed E-state index contributed by atoms with van der Waals surface area (Å²) in [7, 11) is 0. The fourth-order valence-corrected chi connectivity index (χ4v) is 4.17. The normalized spacial score (nSPS) is 29.9. The van der Waals surface area contributed by atoms with Crippen LogP contribution >= 0.6 is 0 Å². The Kier molecular flexibility index (Phi) is 4.27. The molecule has 1 aromatic rings. The summed E-state index contributed by atoms with van der Waals surface area (Å²) in [5.74, 6) is -4.04. The molecule has 0 spiro atoms. The fraction of sp³-hybridized carbons (Fsp3) is 0.526. The zero-order chi connectivity index (χ0) is 20.3. The number of nitrogens with zero attached hydrogens (tertiary/aromatic N) is 2. The first-order valence-corrected chi connectivity index (χ1v) is 9.23. The maximum Gasteiger partial charge on any atom is 0.279 e. The van der Waals surface area contributed by atoms with Gasteiger partial charge in [-0.15, -0.1) is 0 Å². The lowest BCUT2D eigenvalue weighted by Gasteiger charge is -2.29. The van der Waals surface area contributed by atoms with Gasteiger partial charge >= 0.3 is 0 Å². The molecule has 2 atom stereocenters. The van der Waals surface area contributed by atoms with Crippen molar-refractivity contribution in [2.75, 3.05) is 13.1 Å². The number of rotatable bonds is 3. The highest BCUT2D eigenvalue weighted by atomic mass is 19.3. The van der Waals surface area contributed by atoms with E-state index in [4.69, 9.17) is 5.73 Å². The molecular weight excluding hydrogens is 370 g/mol. The Morgan fingerprint density at radius 3 is 2.64 bits per heavy atom. The second kappa shape index (κ2) is 6.31. The Balaban J connectivity index is 1.49. The van der Waals surface area contributed by atoms with E-state index in [0.717, 1.165) is 11.1 Å². The summed E-state index contributed by atoms with van der Waals surface area (Å²) in [5, 5.41) is 2.27. The van der Waals surface area contributed by atoms with Crippen molar-refractivity contribution in [3.05, 3.63) is 34.9 Å². The van der Waals surface area contributed by atoms with Gasteiger partial charge in [-0.1, -0.05) is 12.1 Å². The van der Waals surface area contributed by atoms with Crippen LogP contribution in [-0.4, -0.2) is 58.1 Å². The van der Waals surface area contributed by atoms with Crippen LogP contribution < -0.4 is 11.1 Å². The minimum absolute atomic E-state index is 0.0629. The molecule has 7 nitrogen and oxygen atoms in total. The number of alkyl halides is 2. The van der Waals surface area contributed by atoms with Crippen LogP contribution in [0.15, 0.2) is 18.2 Å². The van der Waals surface area contributed by atoms with E-state index in [1.165, 1.54) is 11.8 Å². The quantitative estimate of drug-likeness (QED) is 0.735. The highest BCUT2D eigenvalue weighted by Gasteiger charge is 2.54. The van der Waals surface area contributed by atoms with Gasteiger partial charge in [0.1, 0.15) is 6.04 Å². The van der Waals surface area contributed by atoms with E-state index in [2.05, 4.69) is 5.32 Å². The van der Waals surface area contributed by atoms with E-state index in [1.807, 2.05) is 6.07 Å². The average Bonchev–Trinajstić information content (AvgIpc) is 3.00. The third kappa shape index (κ3) is 3.08. The molecular formula is C19H22F2N4O3. The SMILES string of the molecule is CC1(N)CN(Cc2ccc3c(c2)C(=O)N(C2CCC(=O)NC2=O)C3)CC1(F)F. The van der Waals surface area contributed by atoms with E-state index in [1.54, 1.807) is 17.0 Å². The maximum absolute atomic E-state index is 14.0. The summed E-state index contributed by atoms with van der Waals surface area (Å²) in [6, 6.07) is 4.64. The summed E-state index contributed by atoms with van der Waals surface area (Å²) in [5.41, 5.74) is 6.14. The van der Waals surface area contributed by atoms with Crippen molar-refractivity contribution < 1.29 is 23.2 Å². The summed E-state index contributed by atoms with van der Waals surface area (Å²) in [6.45, 7) is 1.54. The molecule has 0 bridgehead atoms. The molecule has 4 rings (SSSR count). The number of carbonyl (C=O) groups excluding carboxylic acids is 3. The lowest BCUT2D eigenvalue weighted by molar-refractivity contribution is -0.136.